The number of aliphatic carboxylic acids is 1. The van der Waals surface area contributed by atoms with Gasteiger partial charge in [-0.05, 0) is 36.6 Å². The van der Waals surface area contributed by atoms with Gasteiger partial charge >= 0.3 is 5.97 Å². The van der Waals surface area contributed by atoms with Gasteiger partial charge in [0.1, 0.15) is 5.75 Å². The molecule has 1 saturated heterocycles. The minimum atomic E-state index is -0.985. The van der Waals surface area contributed by atoms with E-state index >= 15 is 0 Å². The van der Waals surface area contributed by atoms with Crippen LogP contribution in [0.2, 0.25) is 0 Å². The molecule has 0 aliphatic carbocycles. The van der Waals surface area contributed by atoms with Crippen molar-refractivity contribution >= 4 is 18.0 Å². The Morgan fingerprint density at radius 3 is 2.45 bits per heavy atom. The van der Waals surface area contributed by atoms with Crippen molar-refractivity contribution in [3.05, 3.63) is 35.9 Å². The second-order valence-electron chi connectivity index (χ2n) is 4.62. The summed E-state index contributed by atoms with van der Waals surface area (Å²) in [5.74, 6) is -0.371. The Morgan fingerprint density at radius 1 is 1.20 bits per heavy atom. The number of ether oxygens (including phenoxy) is 1. The first-order valence-electron chi connectivity index (χ1n) is 6.57. The minimum Gasteiger partial charge on any atom is -0.484 e. The molecule has 0 radical (unpaired) electrons. The number of carboxylic acid groups (broad SMARTS) is 1. The van der Waals surface area contributed by atoms with Crippen LogP contribution >= 0.6 is 0 Å². The highest BCUT2D eigenvalue weighted by molar-refractivity contribution is 5.85. The molecular weight excluding hydrogens is 258 g/mol. The third-order valence-electron chi connectivity index (χ3n) is 3.12. The van der Waals surface area contributed by atoms with Crippen LogP contribution in [0.25, 0.3) is 6.08 Å². The topological polar surface area (TPSA) is 66.8 Å². The summed E-state index contributed by atoms with van der Waals surface area (Å²) in [5, 5.41) is 8.52. The first-order valence-corrected chi connectivity index (χ1v) is 6.57. The Hall–Kier alpha value is -2.30. The fraction of sp³-hybridized carbons (Fsp3) is 0.333. The molecule has 1 amide bonds. The number of hydrogen-bond acceptors (Lipinski definition) is 3. The van der Waals surface area contributed by atoms with E-state index in [4.69, 9.17) is 9.84 Å². The number of hydrogen-bond donors (Lipinski definition) is 1. The molecule has 0 atom stereocenters. The van der Waals surface area contributed by atoms with Gasteiger partial charge in [0.25, 0.3) is 5.91 Å². The zero-order valence-electron chi connectivity index (χ0n) is 11.1. The van der Waals surface area contributed by atoms with Gasteiger partial charge in [-0.1, -0.05) is 12.1 Å². The lowest BCUT2D eigenvalue weighted by Gasteiger charge is -2.15. The molecule has 5 heteroatoms. The molecule has 1 N–H and O–H groups in total. The van der Waals surface area contributed by atoms with Crippen molar-refractivity contribution in [1.29, 1.82) is 0 Å². The number of likely N-dealkylation sites (tertiary alicyclic amines) is 1. The summed E-state index contributed by atoms with van der Waals surface area (Å²) in [6.45, 7) is 1.69. The second-order valence-corrected chi connectivity index (χ2v) is 4.62. The highest BCUT2D eigenvalue weighted by Gasteiger charge is 2.17. The van der Waals surface area contributed by atoms with Gasteiger partial charge in [0.2, 0.25) is 0 Å². The van der Waals surface area contributed by atoms with Gasteiger partial charge in [0.05, 0.1) is 0 Å². The van der Waals surface area contributed by atoms with Gasteiger partial charge in [-0.15, -0.1) is 0 Å². The number of carbonyl (C=O) groups is 2. The van der Waals surface area contributed by atoms with Crippen molar-refractivity contribution in [2.24, 2.45) is 0 Å². The zero-order valence-corrected chi connectivity index (χ0v) is 11.1. The molecular formula is C15H17NO4. The average Bonchev–Trinajstić information content (AvgIpc) is 2.98. The van der Waals surface area contributed by atoms with E-state index in [9.17, 15) is 9.59 Å². The van der Waals surface area contributed by atoms with Gasteiger partial charge in [-0.25, -0.2) is 4.79 Å². The maximum absolute atomic E-state index is 11.8. The van der Waals surface area contributed by atoms with Crippen LogP contribution in [0.3, 0.4) is 0 Å². The van der Waals surface area contributed by atoms with Crippen LogP contribution in [0, 0.1) is 0 Å². The van der Waals surface area contributed by atoms with Crippen LogP contribution in [0.1, 0.15) is 18.4 Å². The fourth-order valence-electron chi connectivity index (χ4n) is 2.05. The molecule has 0 aromatic heterocycles. The zero-order chi connectivity index (χ0) is 14.4. The average molecular weight is 275 g/mol. The molecule has 1 aliphatic heterocycles. The molecule has 0 saturated carbocycles. The van der Waals surface area contributed by atoms with Gasteiger partial charge in [-0.2, -0.15) is 0 Å². The molecule has 1 aliphatic rings. The van der Waals surface area contributed by atoms with E-state index in [1.165, 1.54) is 6.08 Å². The summed E-state index contributed by atoms with van der Waals surface area (Å²) in [5.41, 5.74) is 0.769. The summed E-state index contributed by atoms with van der Waals surface area (Å²) in [6, 6.07) is 6.93. The predicted molar refractivity (Wildman–Crippen MR) is 74.4 cm³/mol. The van der Waals surface area contributed by atoms with Crippen molar-refractivity contribution < 1.29 is 19.4 Å². The lowest BCUT2D eigenvalue weighted by molar-refractivity contribution is -0.132. The highest BCUT2D eigenvalue weighted by Crippen LogP contribution is 2.14. The SMILES string of the molecule is O=C(O)/C=C/c1ccc(OCC(=O)N2CCCC2)cc1. The van der Waals surface area contributed by atoms with E-state index in [-0.39, 0.29) is 12.5 Å². The molecule has 2 rings (SSSR count). The van der Waals surface area contributed by atoms with Crippen molar-refractivity contribution in [2.75, 3.05) is 19.7 Å². The third-order valence-corrected chi connectivity index (χ3v) is 3.12. The molecule has 0 bridgehead atoms. The smallest absolute Gasteiger partial charge is 0.328 e. The fourth-order valence-corrected chi connectivity index (χ4v) is 2.05. The van der Waals surface area contributed by atoms with Gasteiger partial charge < -0.3 is 14.7 Å². The van der Waals surface area contributed by atoms with Crippen LogP contribution in [0.15, 0.2) is 30.3 Å². The van der Waals surface area contributed by atoms with E-state index in [2.05, 4.69) is 0 Å². The van der Waals surface area contributed by atoms with Crippen LogP contribution in [-0.4, -0.2) is 41.6 Å². The second kappa shape index (κ2) is 6.75. The van der Waals surface area contributed by atoms with E-state index in [0.29, 0.717) is 5.75 Å². The standard InChI is InChI=1S/C15H17NO4/c17-14(16-9-1-2-10-16)11-20-13-6-3-12(4-7-13)5-8-15(18)19/h3-8H,1-2,9-11H2,(H,18,19)/b8-5+. The monoisotopic (exact) mass is 275 g/mol. The Kier molecular flexibility index (Phi) is 4.76. The maximum atomic E-state index is 11.8. The molecule has 0 spiro atoms. The highest BCUT2D eigenvalue weighted by atomic mass is 16.5. The van der Waals surface area contributed by atoms with Gasteiger partial charge in [-0.3, -0.25) is 4.79 Å². The normalized spacial score (nSPS) is 14.7. The molecule has 1 heterocycles. The predicted octanol–water partition coefficient (Wildman–Crippen LogP) is 1.79. The number of benzene rings is 1. The quantitative estimate of drug-likeness (QED) is 0.832. The van der Waals surface area contributed by atoms with E-state index in [1.54, 1.807) is 24.3 Å². The number of carboxylic acids is 1. The number of carbonyl (C=O) groups excluding carboxylic acids is 1. The Bertz CT molecular complexity index is 501. The number of nitrogens with zero attached hydrogens (tertiary/aromatic N) is 1. The van der Waals surface area contributed by atoms with Crippen LogP contribution < -0.4 is 4.74 Å². The molecule has 1 aromatic carbocycles. The van der Waals surface area contributed by atoms with Gasteiger partial charge in [0.15, 0.2) is 6.61 Å². The third kappa shape index (κ3) is 4.12. The molecule has 1 fully saturated rings. The Balaban J connectivity index is 1.84. The van der Waals surface area contributed by atoms with Crippen LogP contribution in [0.4, 0.5) is 0 Å². The van der Waals surface area contributed by atoms with E-state index in [1.807, 2.05) is 4.90 Å². The summed E-state index contributed by atoms with van der Waals surface area (Å²) in [4.78, 5) is 24.0. The first kappa shape index (κ1) is 14.1. The number of amides is 1. The number of rotatable bonds is 5. The summed E-state index contributed by atoms with van der Waals surface area (Å²) >= 11 is 0. The van der Waals surface area contributed by atoms with Crippen molar-refractivity contribution in [3.63, 3.8) is 0 Å². The van der Waals surface area contributed by atoms with Crippen molar-refractivity contribution in [3.8, 4) is 5.75 Å². The van der Waals surface area contributed by atoms with E-state index in [0.717, 1.165) is 37.6 Å². The largest absolute Gasteiger partial charge is 0.484 e. The van der Waals surface area contributed by atoms with Crippen molar-refractivity contribution in [2.45, 2.75) is 12.8 Å². The molecule has 106 valence electrons. The summed E-state index contributed by atoms with van der Waals surface area (Å²) in [6.07, 6.45) is 4.71. The Labute approximate surface area is 117 Å². The molecule has 1 aromatic rings. The van der Waals surface area contributed by atoms with E-state index < -0.39 is 5.97 Å². The lowest BCUT2D eigenvalue weighted by Crippen LogP contribution is -2.32. The molecule has 5 nitrogen and oxygen atoms in total. The minimum absolute atomic E-state index is 0.0114. The summed E-state index contributed by atoms with van der Waals surface area (Å²) in [7, 11) is 0. The first-order chi connectivity index (χ1) is 9.65. The molecule has 0 unspecified atom stereocenters. The molecule has 20 heavy (non-hydrogen) atoms. The van der Waals surface area contributed by atoms with Crippen LogP contribution in [0.5, 0.6) is 5.75 Å². The Morgan fingerprint density at radius 2 is 1.85 bits per heavy atom. The van der Waals surface area contributed by atoms with Crippen molar-refractivity contribution in [1.82, 2.24) is 4.90 Å². The van der Waals surface area contributed by atoms with Gasteiger partial charge in [0, 0.05) is 19.2 Å². The van der Waals surface area contributed by atoms with Crippen LogP contribution in [-0.2, 0) is 9.59 Å². The maximum Gasteiger partial charge on any atom is 0.328 e. The summed E-state index contributed by atoms with van der Waals surface area (Å²) < 4.78 is 5.43. The lowest BCUT2D eigenvalue weighted by atomic mass is 10.2.